The summed E-state index contributed by atoms with van der Waals surface area (Å²) >= 11 is 0. The van der Waals surface area contributed by atoms with Crippen molar-refractivity contribution in [2.75, 3.05) is 19.6 Å². The minimum atomic E-state index is -0.745. The molecule has 0 spiro atoms. The lowest BCUT2D eigenvalue weighted by Gasteiger charge is -2.35. The van der Waals surface area contributed by atoms with Crippen molar-refractivity contribution in [1.82, 2.24) is 9.80 Å². The fourth-order valence-electron chi connectivity index (χ4n) is 3.20. The first-order valence-electron chi connectivity index (χ1n) is 7.18. The zero-order chi connectivity index (χ0) is 14.0. The minimum Gasteiger partial charge on any atom is -0.481 e. The number of rotatable bonds is 3. The van der Waals surface area contributed by atoms with Crippen LogP contribution in [-0.4, -0.2) is 52.1 Å². The average molecular weight is 268 g/mol. The van der Waals surface area contributed by atoms with E-state index in [1.165, 1.54) is 0 Å². The van der Waals surface area contributed by atoms with Gasteiger partial charge in [-0.1, -0.05) is 0 Å². The summed E-state index contributed by atoms with van der Waals surface area (Å²) in [6, 6.07) is 0.139. The third kappa shape index (κ3) is 3.19. The lowest BCUT2D eigenvalue weighted by molar-refractivity contribution is -0.137. The molecule has 0 radical (unpaired) electrons. The van der Waals surface area contributed by atoms with Crippen LogP contribution in [-0.2, 0) is 4.79 Å². The highest BCUT2D eigenvalue weighted by Gasteiger charge is 2.39. The molecule has 19 heavy (non-hydrogen) atoms. The molecule has 2 fully saturated rings. The van der Waals surface area contributed by atoms with Gasteiger partial charge in [0.1, 0.15) is 0 Å². The maximum Gasteiger partial charge on any atom is 0.320 e. The van der Waals surface area contributed by atoms with Crippen LogP contribution in [0.15, 0.2) is 0 Å². The number of aliphatic carboxylic acids is 1. The molecule has 5 nitrogen and oxygen atoms in total. The first-order valence-corrected chi connectivity index (χ1v) is 7.18. The Bertz CT molecular complexity index is 368. The van der Waals surface area contributed by atoms with E-state index in [9.17, 15) is 9.59 Å². The van der Waals surface area contributed by atoms with E-state index in [0.29, 0.717) is 12.3 Å². The molecule has 1 unspecified atom stereocenters. The highest BCUT2D eigenvalue weighted by atomic mass is 16.4. The Morgan fingerprint density at radius 2 is 2.05 bits per heavy atom. The molecule has 2 aliphatic rings. The normalized spacial score (nSPS) is 25.9. The summed E-state index contributed by atoms with van der Waals surface area (Å²) in [7, 11) is 0. The van der Waals surface area contributed by atoms with E-state index in [1.54, 1.807) is 0 Å². The monoisotopic (exact) mass is 268 g/mol. The molecule has 2 amide bonds. The maximum atomic E-state index is 12.5. The second-order valence-corrected chi connectivity index (χ2v) is 6.38. The maximum absolute atomic E-state index is 12.5. The number of amides is 2. The molecule has 0 bridgehead atoms. The number of carboxylic acid groups (broad SMARTS) is 1. The fourth-order valence-corrected chi connectivity index (χ4v) is 3.20. The van der Waals surface area contributed by atoms with Crippen LogP contribution in [0.2, 0.25) is 0 Å². The molecule has 1 atom stereocenters. The van der Waals surface area contributed by atoms with Gasteiger partial charge in [0.05, 0.1) is 0 Å². The largest absolute Gasteiger partial charge is 0.481 e. The van der Waals surface area contributed by atoms with Gasteiger partial charge in [-0.15, -0.1) is 0 Å². The van der Waals surface area contributed by atoms with Crippen LogP contribution in [0.1, 0.15) is 46.0 Å². The summed E-state index contributed by atoms with van der Waals surface area (Å²) in [4.78, 5) is 26.9. The quantitative estimate of drug-likeness (QED) is 0.853. The fraction of sp³-hybridized carbons (Fsp3) is 0.857. The summed E-state index contributed by atoms with van der Waals surface area (Å²) in [5.41, 5.74) is -0.0315. The molecule has 108 valence electrons. The molecular weight excluding hydrogens is 244 g/mol. The number of carbonyl (C=O) groups excluding carboxylic acids is 1. The van der Waals surface area contributed by atoms with Crippen LogP contribution in [0.5, 0.6) is 0 Å². The van der Waals surface area contributed by atoms with E-state index >= 15 is 0 Å². The van der Waals surface area contributed by atoms with Gasteiger partial charge in [-0.25, -0.2) is 4.79 Å². The van der Waals surface area contributed by atoms with Gasteiger partial charge in [-0.3, -0.25) is 4.79 Å². The molecule has 2 heterocycles. The number of likely N-dealkylation sites (tertiary alicyclic amines) is 2. The van der Waals surface area contributed by atoms with Gasteiger partial charge in [-0.05, 0) is 45.4 Å². The number of hydrogen-bond acceptors (Lipinski definition) is 2. The van der Waals surface area contributed by atoms with Gasteiger partial charge in [0.15, 0.2) is 0 Å². The average Bonchev–Trinajstić information content (AvgIpc) is 2.91. The number of carbonyl (C=O) groups is 2. The molecule has 1 N–H and O–H groups in total. The lowest BCUT2D eigenvalue weighted by atomic mass is 10.0. The van der Waals surface area contributed by atoms with E-state index in [4.69, 9.17) is 5.11 Å². The van der Waals surface area contributed by atoms with E-state index in [1.807, 2.05) is 9.80 Å². The van der Waals surface area contributed by atoms with Crippen molar-refractivity contribution >= 4 is 12.0 Å². The number of nitrogens with zero attached hydrogens (tertiary/aromatic N) is 2. The van der Waals surface area contributed by atoms with Crippen molar-refractivity contribution in [1.29, 1.82) is 0 Å². The number of carboxylic acids is 1. The van der Waals surface area contributed by atoms with Crippen molar-refractivity contribution in [2.24, 2.45) is 5.92 Å². The van der Waals surface area contributed by atoms with Crippen molar-refractivity contribution in [3.05, 3.63) is 0 Å². The molecule has 2 rings (SSSR count). The van der Waals surface area contributed by atoms with Gasteiger partial charge in [0, 0.05) is 31.6 Å². The third-order valence-corrected chi connectivity index (χ3v) is 4.45. The Labute approximate surface area is 114 Å². The Hall–Kier alpha value is -1.26. The lowest BCUT2D eigenvalue weighted by Crippen LogP contribution is -2.49. The zero-order valence-corrected chi connectivity index (χ0v) is 11.9. The van der Waals surface area contributed by atoms with Gasteiger partial charge in [0.2, 0.25) is 0 Å². The Kier molecular flexibility index (Phi) is 4.02. The van der Waals surface area contributed by atoms with Crippen LogP contribution < -0.4 is 0 Å². The van der Waals surface area contributed by atoms with E-state index in [-0.39, 0.29) is 18.0 Å². The Balaban J connectivity index is 1.86. The van der Waals surface area contributed by atoms with Crippen LogP contribution >= 0.6 is 0 Å². The van der Waals surface area contributed by atoms with E-state index in [0.717, 1.165) is 38.9 Å². The van der Waals surface area contributed by atoms with Crippen LogP contribution in [0.3, 0.4) is 0 Å². The van der Waals surface area contributed by atoms with Gasteiger partial charge in [0.25, 0.3) is 0 Å². The smallest absolute Gasteiger partial charge is 0.320 e. The molecular formula is C14H24N2O3. The first kappa shape index (κ1) is 14.2. The minimum absolute atomic E-state index is 0.0315. The summed E-state index contributed by atoms with van der Waals surface area (Å²) < 4.78 is 0. The number of urea groups is 1. The molecule has 0 saturated carbocycles. The predicted octanol–water partition coefficient (Wildman–Crippen LogP) is 2.17. The van der Waals surface area contributed by atoms with Crippen molar-refractivity contribution in [3.63, 3.8) is 0 Å². The first-order chi connectivity index (χ1) is 8.90. The van der Waals surface area contributed by atoms with Gasteiger partial charge >= 0.3 is 12.0 Å². The predicted molar refractivity (Wildman–Crippen MR) is 72.0 cm³/mol. The zero-order valence-electron chi connectivity index (χ0n) is 11.9. The van der Waals surface area contributed by atoms with Crippen LogP contribution in [0.25, 0.3) is 0 Å². The van der Waals surface area contributed by atoms with Crippen molar-refractivity contribution in [2.45, 2.75) is 51.5 Å². The molecule has 5 heteroatoms. The van der Waals surface area contributed by atoms with Gasteiger partial charge < -0.3 is 14.9 Å². The summed E-state index contributed by atoms with van der Waals surface area (Å²) in [5.74, 6) is -0.392. The second-order valence-electron chi connectivity index (χ2n) is 6.38. The molecule has 0 aromatic heterocycles. The summed E-state index contributed by atoms with van der Waals surface area (Å²) in [6.45, 7) is 6.59. The molecule has 0 aliphatic carbocycles. The van der Waals surface area contributed by atoms with Crippen molar-refractivity contribution < 1.29 is 14.7 Å². The summed E-state index contributed by atoms with van der Waals surface area (Å²) in [5, 5.41) is 8.70. The van der Waals surface area contributed by atoms with Crippen LogP contribution in [0, 0.1) is 5.92 Å². The van der Waals surface area contributed by atoms with Crippen LogP contribution in [0.4, 0.5) is 4.79 Å². The SMILES string of the molecule is CC1(C)CCCN1C(=O)N1CCC(CCC(=O)O)C1. The van der Waals surface area contributed by atoms with Crippen molar-refractivity contribution in [3.8, 4) is 0 Å². The Morgan fingerprint density at radius 1 is 1.32 bits per heavy atom. The van der Waals surface area contributed by atoms with E-state index in [2.05, 4.69) is 13.8 Å². The number of hydrogen-bond donors (Lipinski definition) is 1. The summed E-state index contributed by atoms with van der Waals surface area (Å²) in [6.07, 6.45) is 3.97. The molecule has 0 aromatic carbocycles. The highest BCUT2D eigenvalue weighted by Crippen LogP contribution is 2.31. The molecule has 2 saturated heterocycles. The topological polar surface area (TPSA) is 60.9 Å². The highest BCUT2D eigenvalue weighted by molar-refractivity contribution is 5.76. The molecule has 2 aliphatic heterocycles. The second kappa shape index (κ2) is 5.39. The third-order valence-electron chi connectivity index (χ3n) is 4.45. The standard InChI is InChI=1S/C14H24N2O3/c1-14(2)7-3-8-16(14)13(19)15-9-6-11(10-15)4-5-12(17)18/h11H,3-10H2,1-2H3,(H,17,18). The molecule has 0 aromatic rings. The van der Waals surface area contributed by atoms with Gasteiger partial charge in [-0.2, -0.15) is 0 Å². The Morgan fingerprint density at radius 3 is 2.63 bits per heavy atom. The van der Waals surface area contributed by atoms with E-state index < -0.39 is 5.97 Å².